The zero-order valence-corrected chi connectivity index (χ0v) is 21.8. The van der Waals surface area contributed by atoms with Crippen molar-refractivity contribution in [3.8, 4) is 0 Å². The molecule has 0 unspecified atom stereocenters. The van der Waals surface area contributed by atoms with Crippen LogP contribution in [0.25, 0.3) is 0 Å². The number of sulfonamides is 1. The average Bonchev–Trinajstić information content (AvgIpc) is 3.43. The molecule has 188 valence electrons. The number of rotatable bonds is 7. The van der Waals surface area contributed by atoms with Crippen LogP contribution < -0.4 is 4.90 Å². The van der Waals surface area contributed by atoms with Gasteiger partial charge in [-0.05, 0) is 57.0 Å². The number of aromatic nitrogens is 2. The van der Waals surface area contributed by atoms with E-state index >= 15 is 0 Å². The number of carbonyl (C=O) groups excluding carboxylic acids is 1. The molecule has 3 aromatic rings. The molecular weight excluding hydrogens is 466 g/mol. The van der Waals surface area contributed by atoms with Crippen molar-refractivity contribution in [2.45, 2.75) is 45.7 Å². The van der Waals surface area contributed by atoms with Crippen LogP contribution in [-0.4, -0.2) is 66.5 Å². The first-order chi connectivity index (χ1) is 16.6. The lowest BCUT2D eigenvalue weighted by molar-refractivity contribution is -0.132. The van der Waals surface area contributed by atoms with Crippen LogP contribution in [0.1, 0.15) is 28.3 Å². The van der Waals surface area contributed by atoms with Crippen molar-refractivity contribution in [2.24, 2.45) is 0 Å². The van der Waals surface area contributed by atoms with Gasteiger partial charge in [-0.3, -0.25) is 9.48 Å². The number of hydrogen-bond donors (Lipinski definition) is 0. The molecule has 9 nitrogen and oxygen atoms in total. The Bertz CT molecular complexity index is 1310. The SMILES string of the molecule is Cc1cccc(N2CCN(C(=O)Cn3nc(C)c(S(=O)(=O)N(C)Cc4ccco4)c3C)CC2)c1C. The Balaban J connectivity index is 1.43. The largest absolute Gasteiger partial charge is 0.468 e. The lowest BCUT2D eigenvalue weighted by atomic mass is 10.1. The minimum atomic E-state index is -3.80. The third-order valence-corrected chi connectivity index (χ3v) is 8.83. The lowest BCUT2D eigenvalue weighted by Crippen LogP contribution is -2.50. The van der Waals surface area contributed by atoms with Gasteiger partial charge >= 0.3 is 0 Å². The average molecular weight is 500 g/mol. The Morgan fingerprint density at radius 3 is 2.43 bits per heavy atom. The highest BCUT2D eigenvalue weighted by atomic mass is 32.2. The summed E-state index contributed by atoms with van der Waals surface area (Å²) >= 11 is 0. The van der Waals surface area contributed by atoms with Crippen LogP contribution in [0.4, 0.5) is 5.69 Å². The van der Waals surface area contributed by atoms with Gasteiger partial charge in [-0.15, -0.1) is 0 Å². The van der Waals surface area contributed by atoms with E-state index in [1.54, 1.807) is 26.0 Å². The summed E-state index contributed by atoms with van der Waals surface area (Å²) in [4.78, 5) is 17.4. The first-order valence-corrected chi connectivity index (χ1v) is 13.1. The van der Waals surface area contributed by atoms with Gasteiger partial charge in [0.15, 0.2) is 0 Å². The molecule has 1 aromatic carbocycles. The highest BCUT2D eigenvalue weighted by Crippen LogP contribution is 2.26. The van der Waals surface area contributed by atoms with Gasteiger partial charge in [0.1, 0.15) is 17.2 Å². The fourth-order valence-corrected chi connectivity index (χ4v) is 6.08. The van der Waals surface area contributed by atoms with E-state index in [2.05, 4.69) is 42.0 Å². The number of piperazine rings is 1. The van der Waals surface area contributed by atoms with Gasteiger partial charge in [-0.25, -0.2) is 8.42 Å². The van der Waals surface area contributed by atoms with Crippen LogP contribution in [0.3, 0.4) is 0 Å². The van der Waals surface area contributed by atoms with Crippen LogP contribution in [-0.2, 0) is 27.9 Å². The molecule has 0 spiro atoms. The molecule has 1 fully saturated rings. The molecule has 0 aliphatic carbocycles. The number of amides is 1. The Kier molecular flexibility index (Phi) is 7.05. The highest BCUT2D eigenvalue weighted by molar-refractivity contribution is 7.89. The molecule has 1 aliphatic heterocycles. The molecule has 10 heteroatoms. The summed E-state index contributed by atoms with van der Waals surface area (Å²) in [5.41, 5.74) is 4.56. The minimum absolute atomic E-state index is 0.00750. The predicted octanol–water partition coefficient (Wildman–Crippen LogP) is 2.88. The fourth-order valence-electron chi connectivity index (χ4n) is 4.57. The van der Waals surface area contributed by atoms with E-state index in [0.717, 1.165) is 13.1 Å². The first-order valence-electron chi connectivity index (χ1n) is 11.7. The van der Waals surface area contributed by atoms with Gasteiger partial charge in [0, 0.05) is 38.9 Å². The van der Waals surface area contributed by atoms with Gasteiger partial charge in [0.25, 0.3) is 0 Å². The molecule has 3 heterocycles. The zero-order valence-electron chi connectivity index (χ0n) is 21.0. The van der Waals surface area contributed by atoms with E-state index in [-0.39, 0.29) is 23.9 Å². The minimum Gasteiger partial charge on any atom is -0.468 e. The number of hydrogen-bond acceptors (Lipinski definition) is 6. The maximum atomic E-state index is 13.3. The maximum Gasteiger partial charge on any atom is 0.246 e. The van der Waals surface area contributed by atoms with E-state index in [1.165, 1.54) is 39.1 Å². The molecular formula is C25H33N5O4S. The van der Waals surface area contributed by atoms with Crippen molar-refractivity contribution in [3.63, 3.8) is 0 Å². The molecule has 4 rings (SSSR count). The molecule has 0 N–H and O–H groups in total. The van der Waals surface area contributed by atoms with Crippen LogP contribution >= 0.6 is 0 Å². The molecule has 1 saturated heterocycles. The van der Waals surface area contributed by atoms with Crippen molar-refractivity contribution in [3.05, 3.63) is 64.9 Å². The molecule has 0 saturated carbocycles. The number of nitrogens with zero attached hydrogens (tertiary/aromatic N) is 5. The van der Waals surface area contributed by atoms with Crippen LogP contribution in [0.5, 0.6) is 0 Å². The van der Waals surface area contributed by atoms with Crippen LogP contribution in [0, 0.1) is 27.7 Å². The second kappa shape index (κ2) is 9.87. The van der Waals surface area contributed by atoms with E-state index in [0.29, 0.717) is 30.2 Å². The molecule has 35 heavy (non-hydrogen) atoms. The third-order valence-electron chi connectivity index (χ3n) is 6.78. The highest BCUT2D eigenvalue weighted by Gasteiger charge is 2.30. The van der Waals surface area contributed by atoms with Gasteiger partial charge < -0.3 is 14.2 Å². The van der Waals surface area contributed by atoms with Gasteiger partial charge in [-0.2, -0.15) is 9.40 Å². The van der Waals surface area contributed by atoms with E-state index in [1.807, 2.05) is 4.90 Å². The number of furan rings is 1. The number of aryl methyl sites for hydroxylation is 2. The number of carbonyl (C=O) groups is 1. The Hall–Kier alpha value is -3.11. The van der Waals surface area contributed by atoms with Gasteiger partial charge in [0.05, 0.1) is 24.2 Å². The molecule has 2 aromatic heterocycles. The van der Waals surface area contributed by atoms with Crippen molar-refractivity contribution in [1.29, 1.82) is 0 Å². The van der Waals surface area contributed by atoms with Crippen molar-refractivity contribution in [2.75, 3.05) is 38.1 Å². The van der Waals surface area contributed by atoms with E-state index in [9.17, 15) is 13.2 Å². The monoisotopic (exact) mass is 499 g/mol. The van der Waals surface area contributed by atoms with Crippen LogP contribution in [0.15, 0.2) is 45.9 Å². The predicted molar refractivity (Wildman–Crippen MR) is 134 cm³/mol. The number of benzene rings is 1. The molecule has 1 amide bonds. The smallest absolute Gasteiger partial charge is 0.246 e. The summed E-state index contributed by atoms with van der Waals surface area (Å²) in [5.74, 6) is 0.484. The fraction of sp³-hybridized carbons (Fsp3) is 0.440. The van der Waals surface area contributed by atoms with E-state index in [4.69, 9.17) is 4.42 Å². The Morgan fingerprint density at radius 1 is 1.06 bits per heavy atom. The van der Waals surface area contributed by atoms with E-state index < -0.39 is 10.0 Å². The van der Waals surface area contributed by atoms with Crippen molar-refractivity contribution < 1.29 is 17.6 Å². The lowest BCUT2D eigenvalue weighted by Gasteiger charge is -2.37. The normalized spacial score (nSPS) is 14.7. The summed E-state index contributed by atoms with van der Waals surface area (Å²) < 4.78 is 34.5. The van der Waals surface area contributed by atoms with Crippen molar-refractivity contribution in [1.82, 2.24) is 19.0 Å². The summed E-state index contributed by atoms with van der Waals surface area (Å²) in [6, 6.07) is 9.75. The second-order valence-electron chi connectivity index (χ2n) is 9.08. The number of anilines is 1. The summed E-state index contributed by atoms with van der Waals surface area (Å²) in [5, 5.41) is 4.40. The Labute approximate surface area is 207 Å². The topological polar surface area (TPSA) is 91.9 Å². The third kappa shape index (κ3) is 4.99. The maximum absolute atomic E-state index is 13.3. The molecule has 0 bridgehead atoms. The van der Waals surface area contributed by atoms with Gasteiger partial charge in [-0.1, -0.05) is 12.1 Å². The standard InChI is InChI=1S/C25H33N5O4S/c1-18-8-6-10-23(19(18)2)28-11-13-29(14-12-28)24(31)17-30-21(4)25(20(3)26-30)35(32,33)27(5)16-22-9-7-15-34-22/h6-10,15H,11-14,16-17H2,1-5H3. The van der Waals surface area contributed by atoms with Gasteiger partial charge in [0.2, 0.25) is 15.9 Å². The Morgan fingerprint density at radius 2 is 1.77 bits per heavy atom. The zero-order chi connectivity index (χ0) is 25.3. The second-order valence-corrected chi connectivity index (χ2v) is 11.1. The van der Waals surface area contributed by atoms with Crippen LogP contribution in [0.2, 0.25) is 0 Å². The quantitative estimate of drug-likeness (QED) is 0.496. The summed E-state index contributed by atoms with van der Waals surface area (Å²) in [6.07, 6.45) is 1.51. The first kappa shape index (κ1) is 25.0. The van der Waals surface area contributed by atoms with Crippen molar-refractivity contribution >= 4 is 21.6 Å². The molecule has 0 atom stereocenters. The summed E-state index contributed by atoms with van der Waals surface area (Å²) in [7, 11) is -2.29. The molecule has 0 radical (unpaired) electrons. The summed E-state index contributed by atoms with van der Waals surface area (Å²) in [6.45, 7) is 10.4. The molecule has 1 aliphatic rings.